The maximum atomic E-state index is 12.1. The minimum Gasteiger partial charge on any atom is -0.484 e. The lowest BCUT2D eigenvalue weighted by Crippen LogP contribution is -2.33. The maximum Gasteiger partial charge on any atom is 0.258 e. The van der Waals surface area contributed by atoms with Crippen LogP contribution in [0, 0.1) is 5.92 Å². The number of allylic oxidation sites excluding steroid dienone is 2. The van der Waals surface area contributed by atoms with Crippen molar-refractivity contribution in [3.63, 3.8) is 0 Å². The summed E-state index contributed by atoms with van der Waals surface area (Å²) in [5.74, 6) is 3.13. The molecule has 7 heteroatoms. The van der Waals surface area contributed by atoms with Crippen molar-refractivity contribution in [1.29, 1.82) is 0 Å². The molecule has 2 heterocycles. The molecule has 4 rings (SSSR count). The van der Waals surface area contributed by atoms with Crippen LogP contribution in [0.5, 0.6) is 5.75 Å². The zero-order valence-electron chi connectivity index (χ0n) is 16.8. The molecule has 0 radical (unpaired) electrons. The van der Waals surface area contributed by atoms with Crippen LogP contribution in [0.4, 0.5) is 0 Å². The number of ether oxygens (including phenoxy) is 1. The van der Waals surface area contributed by atoms with Crippen molar-refractivity contribution in [3.8, 4) is 5.75 Å². The molecule has 2 aromatic rings. The largest absolute Gasteiger partial charge is 0.484 e. The van der Waals surface area contributed by atoms with E-state index in [1.165, 1.54) is 19.3 Å². The van der Waals surface area contributed by atoms with Crippen molar-refractivity contribution in [2.24, 2.45) is 5.92 Å². The van der Waals surface area contributed by atoms with Crippen molar-refractivity contribution in [2.75, 3.05) is 26.2 Å². The van der Waals surface area contributed by atoms with E-state index < -0.39 is 0 Å². The molecule has 1 aromatic carbocycles. The van der Waals surface area contributed by atoms with Gasteiger partial charge in [0.15, 0.2) is 12.4 Å². The Kier molecular flexibility index (Phi) is 6.56. The number of carbonyl (C=O) groups is 1. The first kappa shape index (κ1) is 19.6. The van der Waals surface area contributed by atoms with E-state index in [4.69, 9.17) is 4.74 Å². The molecular weight excluding hydrogens is 366 g/mol. The van der Waals surface area contributed by atoms with Gasteiger partial charge in [0.1, 0.15) is 11.6 Å². The average Bonchev–Trinajstić information content (AvgIpc) is 3.05. The van der Waals surface area contributed by atoms with Crippen molar-refractivity contribution in [1.82, 2.24) is 25.0 Å². The third-order valence-electron chi connectivity index (χ3n) is 5.65. The first-order valence-electron chi connectivity index (χ1n) is 10.5. The number of rotatable bonds is 7. The van der Waals surface area contributed by atoms with Gasteiger partial charge in [0.25, 0.3) is 5.91 Å². The number of hydrogen-bond donors (Lipinski definition) is 1. The lowest BCUT2D eigenvalue weighted by atomic mass is 9.94. The number of nitrogens with one attached hydrogen (secondary N) is 1. The molecule has 1 amide bonds. The molecule has 0 fully saturated rings. The van der Waals surface area contributed by atoms with Gasteiger partial charge < -0.3 is 19.5 Å². The fourth-order valence-electron chi connectivity index (χ4n) is 4.02. The van der Waals surface area contributed by atoms with Crippen LogP contribution in [-0.4, -0.2) is 51.8 Å². The molecule has 0 bridgehead atoms. The van der Waals surface area contributed by atoms with E-state index in [0.29, 0.717) is 12.3 Å². The summed E-state index contributed by atoms with van der Waals surface area (Å²) in [7, 11) is 0. The Hall–Kier alpha value is -2.67. The Morgan fingerprint density at radius 1 is 1.14 bits per heavy atom. The highest BCUT2D eigenvalue weighted by Gasteiger charge is 2.21. The van der Waals surface area contributed by atoms with Crippen LogP contribution in [0.15, 0.2) is 42.5 Å². The van der Waals surface area contributed by atoms with Crippen LogP contribution in [0.1, 0.15) is 30.9 Å². The topological polar surface area (TPSA) is 72.3 Å². The normalized spacial score (nSPS) is 19.4. The van der Waals surface area contributed by atoms with Crippen molar-refractivity contribution < 1.29 is 9.53 Å². The molecule has 1 aliphatic carbocycles. The van der Waals surface area contributed by atoms with Crippen LogP contribution in [0.2, 0.25) is 0 Å². The Balaban J connectivity index is 1.25. The van der Waals surface area contributed by atoms with Gasteiger partial charge in [-0.05, 0) is 37.3 Å². The molecule has 0 saturated heterocycles. The standard InChI is InChI=1S/C22H29N5O2/c28-22(17-29-19-9-5-2-6-10-19)23-15-21-25-24-20-11-12-26(13-14-27(20)21)16-18-7-3-1-4-8-18/h1-3,5-6,9-10,18H,4,7-8,11-17H2,(H,23,28)/t18-/m0/s1. The van der Waals surface area contributed by atoms with Crippen LogP contribution < -0.4 is 10.1 Å². The molecule has 0 saturated carbocycles. The van der Waals surface area contributed by atoms with Gasteiger partial charge in [0.05, 0.1) is 6.54 Å². The van der Waals surface area contributed by atoms with Gasteiger partial charge in [0, 0.05) is 32.6 Å². The highest BCUT2D eigenvalue weighted by atomic mass is 16.5. The predicted octanol–water partition coefficient (Wildman–Crippen LogP) is 2.19. The van der Waals surface area contributed by atoms with E-state index in [1.54, 1.807) is 0 Å². The fraction of sp³-hybridized carbons (Fsp3) is 0.500. The second-order valence-electron chi connectivity index (χ2n) is 7.76. The number of amides is 1. The van der Waals surface area contributed by atoms with Crippen LogP contribution >= 0.6 is 0 Å². The Morgan fingerprint density at radius 2 is 2.03 bits per heavy atom. The number of nitrogens with zero attached hydrogens (tertiary/aromatic N) is 4. The molecule has 0 unspecified atom stereocenters. The third-order valence-corrected chi connectivity index (χ3v) is 5.65. The number of hydrogen-bond acceptors (Lipinski definition) is 5. The Labute approximate surface area is 171 Å². The highest BCUT2D eigenvalue weighted by molar-refractivity contribution is 5.77. The second-order valence-corrected chi connectivity index (χ2v) is 7.76. The van der Waals surface area contributed by atoms with Gasteiger partial charge >= 0.3 is 0 Å². The van der Waals surface area contributed by atoms with E-state index >= 15 is 0 Å². The second kappa shape index (κ2) is 9.69. The van der Waals surface area contributed by atoms with Gasteiger partial charge in [0.2, 0.25) is 0 Å². The molecule has 2 aliphatic rings. The third kappa shape index (κ3) is 5.44. The minimum atomic E-state index is -0.160. The zero-order valence-corrected chi connectivity index (χ0v) is 16.8. The van der Waals surface area contributed by atoms with Crippen molar-refractivity contribution in [3.05, 3.63) is 54.1 Å². The lowest BCUT2D eigenvalue weighted by Gasteiger charge is -2.26. The Morgan fingerprint density at radius 3 is 2.86 bits per heavy atom. The number of aromatic nitrogens is 3. The summed E-state index contributed by atoms with van der Waals surface area (Å²) in [6.45, 7) is 4.42. The van der Waals surface area contributed by atoms with E-state index in [-0.39, 0.29) is 12.5 Å². The van der Waals surface area contributed by atoms with E-state index in [0.717, 1.165) is 50.2 Å². The van der Waals surface area contributed by atoms with Gasteiger partial charge in [-0.25, -0.2) is 0 Å². The van der Waals surface area contributed by atoms with Crippen molar-refractivity contribution in [2.45, 2.75) is 38.8 Å². The summed E-state index contributed by atoms with van der Waals surface area (Å²) in [5.41, 5.74) is 0. The monoisotopic (exact) mass is 395 g/mol. The van der Waals surface area contributed by atoms with Crippen LogP contribution in [0.25, 0.3) is 0 Å². The molecule has 1 aliphatic heterocycles. The van der Waals surface area contributed by atoms with Gasteiger partial charge in [-0.15, -0.1) is 10.2 Å². The van der Waals surface area contributed by atoms with E-state index in [1.807, 2.05) is 30.3 Å². The summed E-state index contributed by atoms with van der Waals surface area (Å²) in [4.78, 5) is 14.7. The van der Waals surface area contributed by atoms with Crippen molar-refractivity contribution >= 4 is 5.91 Å². The molecule has 154 valence electrons. The maximum absolute atomic E-state index is 12.1. The fourth-order valence-corrected chi connectivity index (χ4v) is 4.02. The highest BCUT2D eigenvalue weighted by Crippen LogP contribution is 2.20. The summed E-state index contributed by atoms with van der Waals surface area (Å²) in [5, 5.41) is 11.6. The van der Waals surface area contributed by atoms with Gasteiger partial charge in [-0.3, -0.25) is 4.79 Å². The summed E-state index contributed by atoms with van der Waals surface area (Å²) in [6, 6.07) is 9.35. The molecule has 29 heavy (non-hydrogen) atoms. The zero-order chi connectivity index (χ0) is 19.9. The number of para-hydroxylation sites is 1. The molecule has 0 spiro atoms. The van der Waals surface area contributed by atoms with E-state index in [9.17, 15) is 4.79 Å². The molecular formula is C22H29N5O2. The average molecular weight is 396 g/mol. The lowest BCUT2D eigenvalue weighted by molar-refractivity contribution is -0.123. The van der Waals surface area contributed by atoms with Crippen LogP contribution in [0.3, 0.4) is 0 Å². The Bertz CT molecular complexity index is 833. The molecule has 1 aromatic heterocycles. The van der Waals surface area contributed by atoms with Gasteiger partial charge in [-0.2, -0.15) is 0 Å². The summed E-state index contributed by atoms with van der Waals surface area (Å²) >= 11 is 0. The first-order chi connectivity index (χ1) is 14.3. The van der Waals surface area contributed by atoms with Gasteiger partial charge in [-0.1, -0.05) is 30.4 Å². The summed E-state index contributed by atoms with van der Waals surface area (Å²) in [6.07, 6.45) is 9.23. The molecule has 1 atom stereocenters. The number of carbonyl (C=O) groups excluding carboxylic acids is 1. The number of fused-ring (bicyclic) bond motifs is 1. The minimum absolute atomic E-state index is 0.00534. The summed E-state index contributed by atoms with van der Waals surface area (Å²) < 4.78 is 7.66. The first-order valence-corrected chi connectivity index (χ1v) is 10.5. The molecule has 1 N–H and O–H groups in total. The quantitative estimate of drug-likeness (QED) is 0.728. The SMILES string of the molecule is O=C(COc1ccccc1)NCc1nnc2n1CCN(C[C@H]1CC=CCC1)CC2. The van der Waals surface area contributed by atoms with E-state index in [2.05, 4.69) is 37.1 Å². The smallest absolute Gasteiger partial charge is 0.258 e. The van der Waals surface area contributed by atoms with Crippen LogP contribution in [-0.2, 0) is 24.3 Å². The number of benzene rings is 1. The molecule has 7 nitrogen and oxygen atoms in total. The predicted molar refractivity (Wildman–Crippen MR) is 110 cm³/mol.